The summed E-state index contributed by atoms with van der Waals surface area (Å²) in [6.07, 6.45) is 2.84. The lowest BCUT2D eigenvalue weighted by molar-refractivity contribution is 1.11. The average Bonchev–Trinajstić information content (AvgIpc) is 3.02. The van der Waals surface area contributed by atoms with Crippen molar-refractivity contribution in [3.05, 3.63) is 40.5 Å². The Morgan fingerprint density at radius 3 is 3.11 bits per heavy atom. The SMILES string of the molecule is Brc1cnc2nc(-c3ccc4c(c3)CCN4)[nH]c2c1. The number of nitrogens with one attached hydrogen (secondary N) is 2. The number of benzene rings is 1. The normalized spacial score (nSPS) is 13.5. The molecule has 1 aliphatic rings. The second-order valence-electron chi connectivity index (χ2n) is 4.66. The lowest BCUT2D eigenvalue weighted by Crippen LogP contribution is -1.90. The van der Waals surface area contributed by atoms with E-state index in [9.17, 15) is 0 Å². The minimum Gasteiger partial charge on any atom is -0.384 e. The summed E-state index contributed by atoms with van der Waals surface area (Å²) in [7, 11) is 0. The second-order valence-corrected chi connectivity index (χ2v) is 5.57. The molecule has 0 saturated carbocycles. The zero-order valence-corrected chi connectivity index (χ0v) is 11.7. The quantitative estimate of drug-likeness (QED) is 0.724. The Balaban J connectivity index is 1.85. The summed E-state index contributed by atoms with van der Waals surface area (Å²) in [4.78, 5) is 12.2. The molecule has 0 aliphatic carbocycles. The molecule has 4 rings (SSSR count). The molecule has 3 aromatic rings. The van der Waals surface area contributed by atoms with Crippen LogP contribution in [-0.4, -0.2) is 21.5 Å². The molecule has 3 heterocycles. The number of hydrogen-bond donors (Lipinski definition) is 2. The number of anilines is 1. The molecule has 0 unspecified atom stereocenters. The van der Waals surface area contributed by atoms with Gasteiger partial charge in [-0.15, -0.1) is 0 Å². The molecular formula is C14H11BrN4. The van der Waals surface area contributed by atoms with E-state index in [2.05, 4.69) is 54.4 Å². The van der Waals surface area contributed by atoms with Crippen LogP contribution in [0.1, 0.15) is 5.56 Å². The van der Waals surface area contributed by atoms with E-state index in [1.807, 2.05) is 6.07 Å². The summed E-state index contributed by atoms with van der Waals surface area (Å²) in [5.74, 6) is 0.871. The lowest BCUT2D eigenvalue weighted by Gasteiger charge is -2.01. The van der Waals surface area contributed by atoms with Crippen molar-refractivity contribution < 1.29 is 0 Å². The van der Waals surface area contributed by atoms with E-state index in [4.69, 9.17) is 0 Å². The molecule has 0 radical (unpaired) electrons. The third-order valence-corrected chi connectivity index (χ3v) is 3.83. The van der Waals surface area contributed by atoms with Crippen LogP contribution >= 0.6 is 15.9 Å². The Bertz CT molecular complexity index is 778. The lowest BCUT2D eigenvalue weighted by atomic mass is 10.1. The average molecular weight is 315 g/mol. The Kier molecular flexibility index (Phi) is 2.35. The monoisotopic (exact) mass is 314 g/mol. The summed E-state index contributed by atoms with van der Waals surface area (Å²) in [6, 6.07) is 8.40. The number of nitrogens with zero attached hydrogens (tertiary/aromatic N) is 2. The predicted molar refractivity (Wildman–Crippen MR) is 79.2 cm³/mol. The fourth-order valence-corrected chi connectivity index (χ4v) is 2.79. The van der Waals surface area contributed by atoms with Crippen molar-refractivity contribution in [2.75, 3.05) is 11.9 Å². The molecule has 0 fully saturated rings. The largest absolute Gasteiger partial charge is 0.384 e. The van der Waals surface area contributed by atoms with Crippen LogP contribution in [0.3, 0.4) is 0 Å². The Hall–Kier alpha value is -1.88. The van der Waals surface area contributed by atoms with Crippen LogP contribution in [0.2, 0.25) is 0 Å². The number of hydrogen-bond acceptors (Lipinski definition) is 3. The highest BCUT2D eigenvalue weighted by atomic mass is 79.9. The van der Waals surface area contributed by atoms with Gasteiger partial charge >= 0.3 is 0 Å². The molecule has 0 atom stereocenters. The van der Waals surface area contributed by atoms with E-state index in [1.165, 1.54) is 11.3 Å². The summed E-state index contributed by atoms with van der Waals surface area (Å²) >= 11 is 3.42. The van der Waals surface area contributed by atoms with E-state index < -0.39 is 0 Å². The molecule has 4 nitrogen and oxygen atoms in total. The minimum atomic E-state index is 0.747. The molecule has 2 N–H and O–H groups in total. The van der Waals surface area contributed by atoms with E-state index in [0.717, 1.165) is 40.0 Å². The first-order valence-electron chi connectivity index (χ1n) is 6.18. The molecule has 0 amide bonds. The smallest absolute Gasteiger partial charge is 0.178 e. The van der Waals surface area contributed by atoms with Crippen molar-refractivity contribution in [3.63, 3.8) is 0 Å². The van der Waals surface area contributed by atoms with E-state index in [-0.39, 0.29) is 0 Å². The van der Waals surface area contributed by atoms with Crippen LogP contribution in [0.25, 0.3) is 22.6 Å². The van der Waals surface area contributed by atoms with Crippen molar-refractivity contribution in [2.24, 2.45) is 0 Å². The van der Waals surface area contributed by atoms with E-state index in [0.29, 0.717) is 0 Å². The Morgan fingerprint density at radius 1 is 1.21 bits per heavy atom. The van der Waals surface area contributed by atoms with Crippen LogP contribution in [0.4, 0.5) is 5.69 Å². The van der Waals surface area contributed by atoms with Gasteiger partial charge in [-0.05, 0) is 52.2 Å². The number of imidazole rings is 1. The molecule has 1 aliphatic heterocycles. The molecule has 19 heavy (non-hydrogen) atoms. The maximum absolute atomic E-state index is 4.54. The zero-order valence-electron chi connectivity index (χ0n) is 10.1. The fraction of sp³-hybridized carbons (Fsp3) is 0.143. The van der Waals surface area contributed by atoms with Crippen molar-refractivity contribution >= 4 is 32.8 Å². The van der Waals surface area contributed by atoms with Crippen LogP contribution in [-0.2, 0) is 6.42 Å². The number of aromatic nitrogens is 3. The highest BCUT2D eigenvalue weighted by Gasteiger charge is 2.12. The zero-order chi connectivity index (χ0) is 12.8. The van der Waals surface area contributed by atoms with E-state index >= 15 is 0 Å². The maximum atomic E-state index is 4.54. The van der Waals surface area contributed by atoms with Crippen LogP contribution in [0, 0.1) is 0 Å². The standard InChI is InChI=1S/C14H11BrN4/c15-10-6-12-14(17-7-10)19-13(18-12)9-1-2-11-8(5-9)3-4-16-11/h1-2,5-7,16H,3-4H2,(H,17,18,19). The van der Waals surface area contributed by atoms with Gasteiger partial charge in [0.1, 0.15) is 5.82 Å². The van der Waals surface area contributed by atoms with Gasteiger partial charge in [-0.3, -0.25) is 0 Å². The third-order valence-electron chi connectivity index (χ3n) is 3.39. The molecule has 0 saturated heterocycles. The van der Waals surface area contributed by atoms with Gasteiger partial charge in [-0.2, -0.15) is 0 Å². The first kappa shape index (κ1) is 11.0. The third kappa shape index (κ3) is 1.81. The van der Waals surface area contributed by atoms with Gasteiger partial charge < -0.3 is 10.3 Å². The minimum absolute atomic E-state index is 0.747. The highest BCUT2D eigenvalue weighted by molar-refractivity contribution is 9.10. The molecule has 0 bridgehead atoms. The Morgan fingerprint density at radius 2 is 2.16 bits per heavy atom. The first-order chi connectivity index (χ1) is 9.29. The summed E-state index contributed by atoms with van der Waals surface area (Å²) in [6.45, 7) is 1.02. The van der Waals surface area contributed by atoms with Gasteiger partial charge in [0.15, 0.2) is 5.65 Å². The molecule has 2 aromatic heterocycles. The molecule has 0 spiro atoms. The number of fused-ring (bicyclic) bond motifs is 2. The Labute approximate surface area is 118 Å². The van der Waals surface area contributed by atoms with Crippen molar-refractivity contribution in [2.45, 2.75) is 6.42 Å². The number of rotatable bonds is 1. The molecule has 94 valence electrons. The topological polar surface area (TPSA) is 53.6 Å². The van der Waals surface area contributed by atoms with Gasteiger partial charge in [0, 0.05) is 28.5 Å². The summed E-state index contributed by atoms with van der Waals surface area (Å²) in [5.41, 5.74) is 5.39. The summed E-state index contributed by atoms with van der Waals surface area (Å²) < 4.78 is 0.952. The maximum Gasteiger partial charge on any atom is 0.178 e. The van der Waals surface area contributed by atoms with Crippen LogP contribution in [0.5, 0.6) is 0 Å². The van der Waals surface area contributed by atoms with Crippen LogP contribution < -0.4 is 5.32 Å². The second kappa shape index (κ2) is 4.06. The number of pyridine rings is 1. The summed E-state index contributed by atoms with van der Waals surface area (Å²) in [5, 5.41) is 3.36. The number of aromatic amines is 1. The van der Waals surface area contributed by atoms with E-state index in [1.54, 1.807) is 6.20 Å². The van der Waals surface area contributed by atoms with Gasteiger partial charge in [0.2, 0.25) is 0 Å². The van der Waals surface area contributed by atoms with Crippen molar-refractivity contribution in [1.82, 2.24) is 15.0 Å². The number of halogens is 1. The van der Waals surface area contributed by atoms with Gasteiger partial charge in [-0.25, -0.2) is 9.97 Å². The van der Waals surface area contributed by atoms with Crippen molar-refractivity contribution in [3.8, 4) is 11.4 Å². The van der Waals surface area contributed by atoms with Gasteiger partial charge in [0.05, 0.1) is 5.52 Å². The van der Waals surface area contributed by atoms with Gasteiger partial charge in [0.25, 0.3) is 0 Å². The molecular weight excluding hydrogens is 304 g/mol. The van der Waals surface area contributed by atoms with Crippen molar-refractivity contribution in [1.29, 1.82) is 0 Å². The molecule has 1 aromatic carbocycles. The molecule has 5 heteroatoms. The number of H-pyrrole nitrogens is 1. The highest BCUT2D eigenvalue weighted by Crippen LogP contribution is 2.28. The van der Waals surface area contributed by atoms with Crippen LogP contribution in [0.15, 0.2) is 34.9 Å². The predicted octanol–water partition coefficient (Wildman–Crippen LogP) is 3.36. The van der Waals surface area contributed by atoms with Gasteiger partial charge in [-0.1, -0.05) is 0 Å². The fourth-order valence-electron chi connectivity index (χ4n) is 2.46. The first-order valence-corrected chi connectivity index (χ1v) is 6.97.